The first-order valence-corrected chi connectivity index (χ1v) is 13.8. The van der Waals surface area contributed by atoms with Crippen molar-refractivity contribution in [2.24, 2.45) is 10.9 Å². The van der Waals surface area contributed by atoms with Gasteiger partial charge in [0, 0.05) is 42.0 Å². The van der Waals surface area contributed by atoms with Gasteiger partial charge in [0.25, 0.3) is 0 Å². The van der Waals surface area contributed by atoms with Crippen LogP contribution in [0, 0.1) is 5.92 Å². The average molecular weight is 548 g/mol. The fourth-order valence-corrected chi connectivity index (χ4v) is 5.06. The maximum Gasteiger partial charge on any atom is 0.407 e. The number of amides is 1. The van der Waals surface area contributed by atoms with Crippen molar-refractivity contribution in [1.82, 2.24) is 25.3 Å². The lowest BCUT2D eigenvalue weighted by Gasteiger charge is -2.29. The molecule has 39 heavy (non-hydrogen) atoms. The summed E-state index contributed by atoms with van der Waals surface area (Å²) in [5.41, 5.74) is 4.00. The molecule has 1 saturated carbocycles. The Morgan fingerprint density at radius 2 is 1.82 bits per heavy atom. The molecule has 3 aromatic rings. The molecule has 2 aromatic heterocycles. The molecule has 1 aliphatic heterocycles. The first kappa shape index (κ1) is 27.0. The molecule has 0 spiro atoms. The number of halogens is 1. The molecule has 5 rings (SSSR count). The molecule has 9 nitrogen and oxygen atoms in total. The third-order valence-corrected chi connectivity index (χ3v) is 7.11. The van der Waals surface area contributed by atoms with Gasteiger partial charge < -0.3 is 15.4 Å². The van der Waals surface area contributed by atoms with E-state index in [1.54, 1.807) is 6.20 Å². The molecule has 1 aromatic carbocycles. The number of nitrogens with one attached hydrogen (secondary N) is 2. The van der Waals surface area contributed by atoms with E-state index in [1.807, 2.05) is 57.3 Å². The van der Waals surface area contributed by atoms with Gasteiger partial charge in [-0.15, -0.1) is 0 Å². The molecule has 10 heteroatoms. The molecule has 3 heterocycles. The van der Waals surface area contributed by atoms with Gasteiger partial charge in [-0.05, 0) is 76.1 Å². The molecular weight excluding hydrogens is 514 g/mol. The van der Waals surface area contributed by atoms with Crippen molar-refractivity contribution in [3.05, 3.63) is 76.1 Å². The van der Waals surface area contributed by atoms with E-state index in [1.165, 1.54) is 0 Å². The van der Waals surface area contributed by atoms with Crippen LogP contribution in [-0.2, 0) is 24.2 Å². The van der Waals surface area contributed by atoms with Gasteiger partial charge in [-0.2, -0.15) is 0 Å². The maximum atomic E-state index is 12.1. The lowest BCUT2D eigenvalue weighted by atomic mass is 9.84. The van der Waals surface area contributed by atoms with Crippen molar-refractivity contribution in [2.75, 3.05) is 5.32 Å². The molecule has 1 amide bonds. The van der Waals surface area contributed by atoms with Crippen LogP contribution in [0.25, 0.3) is 0 Å². The van der Waals surface area contributed by atoms with Crippen molar-refractivity contribution in [3.63, 3.8) is 0 Å². The quantitative estimate of drug-likeness (QED) is 0.401. The molecule has 2 aliphatic rings. The van der Waals surface area contributed by atoms with Crippen LogP contribution in [-0.4, -0.2) is 43.4 Å². The second-order valence-corrected chi connectivity index (χ2v) is 11.6. The van der Waals surface area contributed by atoms with Crippen molar-refractivity contribution in [2.45, 2.75) is 77.6 Å². The summed E-state index contributed by atoms with van der Waals surface area (Å²) in [6.07, 6.45) is 8.02. The number of nitrogens with zero attached hydrogens (tertiary/aromatic N) is 5. The highest BCUT2D eigenvalue weighted by Crippen LogP contribution is 2.28. The zero-order chi connectivity index (χ0) is 27.4. The van der Waals surface area contributed by atoms with E-state index in [0.29, 0.717) is 30.0 Å². The monoisotopic (exact) mass is 547 g/mol. The SMILES string of the molecule is CC(C)(C)OC(=O)NC1CCC(Cc2ncc3c(n2)CN=C3c2ccnc(NCc3ccc(Cl)cc3)n2)CC1. The first-order valence-electron chi connectivity index (χ1n) is 13.4. The van der Waals surface area contributed by atoms with Crippen molar-refractivity contribution >= 4 is 29.4 Å². The van der Waals surface area contributed by atoms with Gasteiger partial charge in [-0.25, -0.2) is 24.7 Å². The number of anilines is 1. The summed E-state index contributed by atoms with van der Waals surface area (Å²) >= 11 is 5.97. The zero-order valence-corrected chi connectivity index (χ0v) is 23.3. The highest BCUT2D eigenvalue weighted by molar-refractivity contribution is 6.30. The number of aliphatic imine (C=N–C) groups is 1. The topological polar surface area (TPSA) is 114 Å². The van der Waals surface area contributed by atoms with Crippen LogP contribution < -0.4 is 10.6 Å². The van der Waals surface area contributed by atoms with Crippen LogP contribution in [0.4, 0.5) is 10.7 Å². The van der Waals surface area contributed by atoms with Gasteiger partial charge in [-0.3, -0.25) is 4.99 Å². The van der Waals surface area contributed by atoms with E-state index < -0.39 is 5.60 Å². The van der Waals surface area contributed by atoms with Crippen molar-refractivity contribution < 1.29 is 9.53 Å². The number of carbonyl (C=O) groups is 1. The Kier molecular flexibility index (Phi) is 8.07. The van der Waals surface area contributed by atoms with Crippen LogP contribution in [0.2, 0.25) is 5.02 Å². The second-order valence-electron chi connectivity index (χ2n) is 11.1. The second kappa shape index (κ2) is 11.7. The third kappa shape index (κ3) is 7.29. The number of hydrogen-bond donors (Lipinski definition) is 2. The molecule has 0 saturated heterocycles. The minimum atomic E-state index is -0.486. The predicted molar refractivity (Wildman–Crippen MR) is 151 cm³/mol. The Bertz CT molecular complexity index is 1350. The molecule has 0 unspecified atom stereocenters. The smallest absolute Gasteiger partial charge is 0.407 e. The van der Waals surface area contributed by atoms with Crippen LogP contribution in [0.5, 0.6) is 0 Å². The van der Waals surface area contributed by atoms with Gasteiger partial charge in [0.1, 0.15) is 11.4 Å². The van der Waals surface area contributed by atoms with Crippen LogP contribution >= 0.6 is 11.6 Å². The third-order valence-electron chi connectivity index (χ3n) is 6.86. The number of alkyl carbamates (subject to hydrolysis) is 1. The number of rotatable bonds is 7. The van der Waals surface area contributed by atoms with Gasteiger partial charge in [0.15, 0.2) is 0 Å². The van der Waals surface area contributed by atoms with Crippen molar-refractivity contribution in [1.29, 1.82) is 0 Å². The van der Waals surface area contributed by atoms with Crippen molar-refractivity contribution in [3.8, 4) is 0 Å². The molecule has 1 fully saturated rings. The normalized spacial score (nSPS) is 18.7. The summed E-state index contributed by atoms with van der Waals surface area (Å²) in [7, 11) is 0. The fraction of sp³-hybridized carbons (Fsp3) is 0.448. The summed E-state index contributed by atoms with van der Waals surface area (Å²) in [5.74, 6) is 1.88. The minimum absolute atomic E-state index is 0.159. The Morgan fingerprint density at radius 3 is 2.56 bits per heavy atom. The van der Waals surface area contributed by atoms with E-state index in [0.717, 1.165) is 66.2 Å². The maximum absolute atomic E-state index is 12.1. The van der Waals surface area contributed by atoms with E-state index in [4.69, 9.17) is 26.3 Å². The first-order chi connectivity index (χ1) is 18.7. The van der Waals surface area contributed by atoms with E-state index in [2.05, 4.69) is 25.6 Å². The number of carbonyl (C=O) groups excluding carboxylic acids is 1. The van der Waals surface area contributed by atoms with E-state index in [-0.39, 0.29) is 12.1 Å². The number of fused-ring (bicyclic) bond motifs is 1. The number of aromatic nitrogens is 4. The number of ether oxygens (including phenoxy) is 1. The van der Waals surface area contributed by atoms with Gasteiger partial charge in [0.05, 0.1) is 23.6 Å². The van der Waals surface area contributed by atoms with E-state index >= 15 is 0 Å². The lowest BCUT2D eigenvalue weighted by molar-refractivity contribution is 0.0487. The van der Waals surface area contributed by atoms with Crippen LogP contribution in [0.3, 0.4) is 0 Å². The molecular formula is C29H34ClN7O2. The van der Waals surface area contributed by atoms with Crippen LogP contribution in [0.1, 0.15) is 74.8 Å². The summed E-state index contributed by atoms with van der Waals surface area (Å²) in [6.45, 7) is 6.74. The van der Waals surface area contributed by atoms with Crippen LogP contribution in [0.15, 0.2) is 47.7 Å². The Morgan fingerprint density at radius 1 is 1.05 bits per heavy atom. The van der Waals surface area contributed by atoms with Gasteiger partial charge >= 0.3 is 6.09 Å². The highest BCUT2D eigenvalue weighted by atomic mass is 35.5. The standard InChI is InChI=1S/C29H34ClN7O2/c1-29(2,3)39-28(38)35-21-10-6-18(7-11-21)14-25-32-16-22-24(36-25)17-33-26(22)23-12-13-31-27(37-23)34-15-19-4-8-20(30)9-5-19/h4-5,8-9,12-13,16,18,21H,6-7,10-11,14-15,17H2,1-3H3,(H,35,38)(H,31,34,37). The predicted octanol–water partition coefficient (Wildman–Crippen LogP) is 5.51. The number of benzene rings is 1. The molecule has 2 N–H and O–H groups in total. The fourth-order valence-electron chi connectivity index (χ4n) is 4.94. The largest absolute Gasteiger partial charge is 0.444 e. The van der Waals surface area contributed by atoms with Gasteiger partial charge in [0.2, 0.25) is 5.95 Å². The minimum Gasteiger partial charge on any atom is -0.444 e. The molecule has 1 aliphatic carbocycles. The van der Waals surface area contributed by atoms with Gasteiger partial charge in [-0.1, -0.05) is 23.7 Å². The Labute approximate surface area is 233 Å². The average Bonchev–Trinajstić information content (AvgIpc) is 3.32. The van der Waals surface area contributed by atoms with E-state index in [9.17, 15) is 4.79 Å². The zero-order valence-electron chi connectivity index (χ0n) is 22.6. The summed E-state index contributed by atoms with van der Waals surface area (Å²) < 4.78 is 5.39. The summed E-state index contributed by atoms with van der Waals surface area (Å²) in [5, 5.41) is 6.98. The summed E-state index contributed by atoms with van der Waals surface area (Å²) in [4.78, 5) is 35.4. The molecule has 0 atom stereocenters. The molecule has 0 bridgehead atoms. The molecule has 0 radical (unpaired) electrons. The Hall–Kier alpha value is -3.59. The molecule has 204 valence electrons. The number of hydrogen-bond acceptors (Lipinski definition) is 8. The lowest BCUT2D eigenvalue weighted by Crippen LogP contribution is -2.41. The summed E-state index contributed by atoms with van der Waals surface area (Å²) in [6, 6.07) is 9.69. The highest BCUT2D eigenvalue weighted by Gasteiger charge is 2.27. The Balaban J connectivity index is 1.15.